The van der Waals surface area contributed by atoms with Gasteiger partial charge in [-0.15, -0.1) is 0 Å². The van der Waals surface area contributed by atoms with Gasteiger partial charge in [0.2, 0.25) is 0 Å². The zero-order valence-corrected chi connectivity index (χ0v) is 8.63. The fourth-order valence-corrected chi connectivity index (χ4v) is 0.980. The second kappa shape index (κ2) is 6.49. The summed E-state index contributed by atoms with van der Waals surface area (Å²) in [7, 11) is 0. The predicted molar refractivity (Wildman–Crippen MR) is 60.8 cm³/mol. The van der Waals surface area contributed by atoms with Crippen LogP contribution in [0.25, 0.3) is 0 Å². The molecule has 0 aliphatic heterocycles. The molecule has 0 aliphatic carbocycles. The van der Waals surface area contributed by atoms with E-state index in [0.29, 0.717) is 5.69 Å². The predicted octanol–water partition coefficient (Wildman–Crippen LogP) is 2.89. The molecule has 2 aromatic rings. The van der Waals surface area contributed by atoms with Crippen molar-refractivity contribution < 1.29 is 4.79 Å². The molecule has 1 heterocycles. The summed E-state index contributed by atoms with van der Waals surface area (Å²) < 4.78 is 0. The van der Waals surface area contributed by atoms with Gasteiger partial charge in [0.05, 0.1) is 0 Å². The summed E-state index contributed by atoms with van der Waals surface area (Å²) in [5, 5.41) is 0. The van der Waals surface area contributed by atoms with Crippen LogP contribution in [0.15, 0.2) is 54.7 Å². The average molecular weight is 199 g/mol. The van der Waals surface area contributed by atoms with Crippen LogP contribution in [0.1, 0.15) is 16.1 Å². The van der Waals surface area contributed by atoms with Crippen LogP contribution in [-0.2, 0) is 0 Å². The van der Waals surface area contributed by atoms with Crippen LogP contribution in [0, 0.1) is 6.92 Å². The van der Waals surface area contributed by atoms with E-state index in [9.17, 15) is 4.79 Å². The van der Waals surface area contributed by atoms with Gasteiger partial charge in [0.25, 0.3) is 0 Å². The number of pyridine rings is 1. The monoisotopic (exact) mass is 199 g/mol. The number of rotatable bonds is 1. The Balaban J connectivity index is 0.000000151. The normalized spacial score (nSPS) is 8.60. The molecule has 0 fully saturated rings. The van der Waals surface area contributed by atoms with Crippen molar-refractivity contribution in [2.24, 2.45) is 0 Å². The Morgan fingerprint density at radius 3 is 2.00 bits per heavy atom. The number of hydrogen-bond donors (Lipinski definition) is 0. The molecule has 0 spiro atoms. The number of hydrogen-bond acceptors (Lipinski definition) is 2. The largest absolute Gasteiger partial charge is 0.296 e. The maximum Gasteiger partial charge on any atom is 0.168 e. The van der Waals surface area contributed by atoms with E-state index in [-0.39, 0.29) is 0 Å². The summed E-state index contributed by atoms with van der Waals surface area (Å²) >= 11 is 0. The highest BCUT2D eigenvalue weighted by Crippen LogP contribution is 1.92. The maximum absolute atomic E-state index is 9.94. The van der Waals surface area contributed by atoms with E-state index in [2.05, 4.69) is 24.0 Å². The molecule has 2 rings (SSSR count). The van der Waals surface area contributed by atoms with Crippen molar-refractivity contribution in [3.63, 3.8) is 0 Å². The summed E-state index contributed by atoms with van der Waals surface area (Å²) in [4.78, 5) is 13.7. The molecule has 1 aromatic heterocycles. The van der Waals surface area contributed by atoms with E-state index < -0.39 is 0 Å². The number of carbonyl (C=O) groups excluding carboxylic acids is 1. The van der Waals surface area contributed by atoms with Crippen LogP contribution in [0.2, 0.25) is 0 Å². The highest BCUT2D eigenvalue weighted by atomic mass is 16.1. The van der Waals surface area contributed by atoms with Crippen LogP contribution >= 0.6 is 0 Å². The van der Waals surface area contributed by atoms with Crippen molar-refractivity contribution in [2.45, 2.75) is 6.92 Å². The van der Waals surface area contributed by atoms with Gasteiger partial charge in [0.15, 0.2) is 6.29 Å². The fourth-order valence-electron chi connectivity index (χ4n) is 0.980. The van der Waals surface area contributed by atoms with E-state index in [1.165, 1.54) is 5.56 Å². The second-order valence-corrected chi connectivity index (χ2v) is 3.03. The first kappa shape index (κ1) is 11.1. The van der Waals surface area contributed by atoms with Crippen molar-refractivity contribution in [1.82, 2.24) is 4.98 Å². The van der Waals surface area contributed by atoms with Gasteiger partial charge in [0, 0.05) is 6.20 Å². The Morgan fingerprint density at radius 1 is 1.00 bits per heavy atom. The minimum atomic E-state index is 0.479. The van der Waals surface area contributed by atoms with Crippen LogP contribution in [0.3, 0.4) is 0 Å². The summed E-state index contributed by atoms with van der Waals surface area (Å²) in [6, 6.07) is 15.5. The molecule has 0 N–H and O–H groups in total. The molecule has 0 saturated carbocycles. The average Bonchev–Trinajstić information content (AvgIpc) is 2.32. The number of aryl methyl sites for hydroxylation is 1. The van der Waals surface area contributed by atoms with Crippen molar-refractivity contribution in [3.8, 4) is 0 Å². The molecule has 2 heteroatoms. The van der Waals surface area contributed by atoms with Gasteiger partial charge in [-0.25, -0.2) is 0 Å². The smallest absolute Gasteiger partial charge is 0.168 e. The Hall–Kier alpha value is -1.96. The van der Waals surface area contributed by atoms with Crippen molar-refractivity contribution in [2.75, 3.05) is 0 Å². The number of aromatic nitrogens is 1. The lowest BCUT2D eigenvalue weighted by atomic mass is 10.2. The van der Waals surface area contributed by atoms with Crippen molar-refractivity contribution in [1.29, 1.82) is 0 Å². The summed E-state index contributed by atoms with van der Waals surface area (Å²) in [6.07, 6.45) is 2.31. The molecule has 0 saturated heterocycles. The minimum absolute atomic E-state index is 0.479. The first-order chi connectivity index (χ1) is 7.33. The third kappa shape index (κ3) is 4.72. The Labute approximate surface area is 89.6 Å². The van der Waals surface area contributed by atoms with E-state index in [1.54, 1.807) is 24.4 Å². The van der Waals surface area contributed by atoms with Crippen LogP contribution < -0.4 is 0 Å². The molecule has 0 unspecified atom stereocenters. The van der Waals surface area contributed by atoms with Gasteiger partial charge in [0.1, 0.15) is 5.69 Å². The first-order valence-electron chi connectivity index (χ1n) is 4.71. The Kier molecular flexibility index (Phi) is 4.81. The molecule has 0 amide bonds. The third-order valence-corrected chi connectivity index (χ3v) is 1.75. The third-order valence-electron chi connectivity index (χ3n) is 1.75. The summed E-state index contributed by atoms with van der Waals surface area (Å²) in [5.74, 6) is 0. The molecule has 0 radical (unpaired) electrons. The van der Waals surface area contributed by atoms with Crippen molar-refractivity contribution in [3.05, 3.63) is 66.0 Å². The van der Waals surface area contributed by atoms with Gasteiger partial charge in [-0.2, -0.15) is 0 Å². The number of carbonyl (C=O) groups is 1. The van der Waals surface area contributed by atoms with Gasteiger partial charge in [-0.1, -0.05) is 42.0 Å². The van der Waals surface area contributed by atoms with Crippen LogP contribution in [0.4, 0.5) is 0 Å². The van der Waals surface area contributed by atoms with Crippen molar-refractivity contribution >= 4 is 6.29 Å². The van der Waals surface area contributed by atoms with Gasteiger partial charge < -0.3 is 0 Å². The number of benzene rings is 1. The Morgan fingerprint density at radius 2 is 1.67 bits per heavy atom. The minimum Gasteiger partial charge on any atom is -0.296 e. The standard InChI is InChI=1S/C7H8.C6H5NO/c1-7-5-3-2-4-6-7;8-5-6-3-1-2-4-7-6/h2-6H,1H3;1-5H. The lowest BCUT2D eigenvalue weighted by Crippen LogP contribution is -1.80. The first-order valence-corrected chi connectivity index (χ1v) is 4.71. The quantitative estimate of drug-likeness (QED) is 0.661. The highest BCUT2D eigenvalue weighted by molar-refractivity contribution is 5.71. The summed E-state index contributed by atoms with van der Waals surface area (Å²) in [5.41, 5.74) is 1.80. The molecule has 15 heavy (non-hydrogen) atoms. The molecular formula is C13H13NO. The lowest BCUT2D eigenvalue weighted by molar-refractivity contribution is 0.111. The SMILES string of the molecule is Cc1ccccc1.O=Cc1ccccn1. The number of aldehydes is 1. The maximum atomic E-state index is 9.94. The van der Waals surface area contributed by atoms with E-state index in [0.717, 1.165) is 6.29 Å². The molecule has 2 nitrogen and oxygen atoms in total. The topological polar surface area (TPSA) is 30.0 Å². The van der Waals surface area contributed by atoms with Crippen LogP contribution in [-0.4, -0.2) is 11.3 Å². The van der Waals surface area contributed by atoms with Gasteiger partial charge >= 0.3 is 0 Å². The zero-order valence-electron chi connectivity index (χ0n) is 8.63. The molecule has 1 aromatic carbocycles. The molecule has 0 aliphatic rings. The number of nitrogens with zero attached hydrogens (tertiary/aromatic N) is 1. The van der Waals surface area contributed by atoms with E-state index >= 15 is 0 Å². The lowest BCUT2D eigenvalue weighted by Gasteiger charge is -1.82. The molecular weight excluding hydrogens is 186 g/mol. The molecule has 0 bridgehead atoms. The van der Waals surface area contributed by atoms with Gasteiger partial charge in [-0.05, 0) is 19.1 Å². The second-order valence-electron chi connectivity index (χ2n) is 3.03. The Bertz CT molecular complexity index is 384. The van der Waals surface area contributed by atoms with E-state index in [1.807, 2.05) is 18.2 Å². The van der Waals surface area contributed by atoms with E-state index in [4.69, 9.17) is 0 Å². The van der Waals surface area contributed by atoms with Gasteiger partial charge in [-0.3, -0.25) is 9.78 Å². The van der Waals surface area contributed by atoms with Crippen LogP contribution in [0.5, 0.6) is 0 Å². The zero-order chi connectivity index (χ0) is 10.9. The fraction of sp³-hybridized carbons (Fsp3) is 0.0769. The molecule has 0 atom stereocenters. The highest BCUT2D eigenvalue weighted by Gasteiger charge is 1.81. The summed E-state index contributed by atoms with van der Waals surface area (Å²) in [6.45, 7) is 2.08. The molecule has 76 valence electrons.